The first kappa shape index (κ1) is 28.4. The molecule has 0 saturated carbocycles. The van der Waals surface area contributed by atoms with Crippen LogP contribution < -0.4 is 33.8 Å². The van der Waals surface area contributed by atoms with E-state index >= 15 is 0 Å². The average Bonchev–Trinajstić information content (AvgIpc) is 3.22. The topological polar surface area (TPSA) is 97.6 Å². The Bertz CT molecular complexity index is 1620. The van der Waals surface area contributed by atoms with Gasteiger partial charge in [0.15, 0.2) is 16.3 Å². The summed E-state index contributed by atoms with van der Waals surface area (Å²) in [7, 11) is 4.64. The molecule has 1 atom stereocenters. The van der Waals surface area contributed by atoms with Crippen LogP contribution in [0.15, 0.2) is 55.9 Å². The molecule has 0 radical (unpaired) electrons. The third-order valence-corrected chi connectivity index (χ3v) is 7.66. The van der Waals surface area contributed by atoms with Crippen molar-refractivity contribution < 1.29 is 28.5 Å². The second kappa shape index (κ2) is 12.1. The summed E-state index contributed by atoms with van der Waals surface area (Å²) in [5, 5.41) is 0. The Morgan fingerprint density at radius 3 is 2.46 bits per heavy atom. The molecule has 1 aliphatic rings. The number of carbonyl (C=O) groups excluding carboxylic acids is 1. The van der Waals surface area contributed by atoms with Crippen molar-refractivity contribution in [1.29, 1.82) is 0 Å². The number of nitrogens with zero attached hydrogens (tertiary/aromatic N) is 2. The maximum absolute atomic E-state index is 13.9. The molecular formula is C28H29BrN2O7S. The van der Waals surface area contributed by atoms with E-state index < -0.39 is 12.0 Å². The number of hydrogen-bond donors (Lipinski definition) is 0. The van der Waals surface area contributed by atoms with E-state index in [9.17, 15) is 9.59 Å². The van der Waals surface area contributed by atoms with Crippen LogP contribution in [0.3, 0.4) is 0 Å². The van der Waals surface area contributed by atoms with Crippen molar-refractivity contribution in [3.63, 3.8) is 0 Å². The number of esters is 1. The van der Waals surface area contributed by atoms with Crippen LogP contribution in [0.2, 0.25) is 0 Å². The minimum Gasteiger partial charge on any atom is -0.497 e. The maximum Gasteiger partial charge on any atom is 0.338 e. The number of methoxy groups -OCH3 is 3. The van der Waals surface area contributed by atoms with Gasteiger partial charge in [-0.15, -0.1) is 0 Å². The van der Waals surface area contributed by atoms with Gasteiger partial charge in [-0.25, -0.2) is 9.79 Å². The Labute approximate surface area is 238 Å². The summed E-state index contributed by atoms with van der Waals surface area (Å²) in [6.45, 7) is 6.02. The molecule has 4 rings (SSSR count). The van der Waals surface area contributed by atoms with E-state index in [0.29, 0.717) is 54.7 Å². The van der Waals surface area contributed by atoms with Crippen molar-refractivity contribution in [2.45, 2.75) is 26.8 Å². The summed E-state index contributed by atoms with van der Waals surface area (Å²) in [4.78, 5) is 32.2. The van der Waals surface area contributed by atoms with E-state index in [2.05, 4.69) is 20.9 Å². The van der Waals surface area contributed by atoms with Gasteiger partial charge in [0, 0.05) is 11.6 Å². The molecule has 0 fully saturated rings. The van der Waals surface area contributed by atoms with Crippen molar-refractivity contribution in [3.05, 3.63) is 76.9 Å². The van der Waals surface area contributed by atoms with E-state index in [1.54, 1.807) is 58.4 Å². The minimum atomic E-state index is -0.815. The van der Waals surface area contributed by atoms with E-state index in [4.69, 9.17) is 23.7 Å². The fourth-order valence-electron chi connectivity index (χ4n) is 4.39. The van der Waals surface area contributed by atoms with Gasteiger partial charge >= 0.3 is 5.97 Å². The number of allylic oxidation sites excluding steroid dienone is 1. The lowest BCUT2D eigenvalue weighted by Gasteiger charge is -2.26. The third-order valence-electron chi connectivity index (χ3n) is 6.09. The Kier molecular flexibility index (Phi) is 8.81. The molecule has 0 N–H and O–H groups in total. The summed E-state index contributed by atoms with van der Waals surface area (Å²) < 4.78 is 30.2. The molecule has 0 saturated heterocycles. The van der Waals surface area contributed by atoms with Crippen LogP contribution in [-0.4, -0.2) is 45.1 Å². The molecule has 11 heteroatoms. The molecule has 2 heterocycles. The van der Waals surface area contributed by atoms with Gasteiger partial charge in [0.2, 0.25) is 0 Å². The summed E-state index contributed by atoms with van der Waals surface area (Å²) in [5.74, 6) is 1.62. The number of fused-ring (bicyclic) bond motifs is 1. The minimum absolute atomic E-state index is 0.182. The highest BCUT2D eigenvalue weighted by Crippen LogP contribution is 2.38. The summed E-state index contributed by atoms with van der Waals surface area (Å²) >= 11 is 4.77. The summed E-state index contributed by atoms with van der Waals surface area (Å²) in [5.41, 5.74) is 1.76. The van der Waals surface area contributed by atoms with Gasteiger partial charge in [0.25, 0.3) is 5.56 Å². The number of thiazole rings is 1. The molecule has 0 amide bonds. The quantitative estimate of drug-likeness (QED) is 0.335. The van der Waals surface area contributed by atoms with Gasteiger partial charge in [-0.05, 0) is 72.6 Å². The molecular weight excluding hydrogens is 588 g/mol. The average molecular weight is 618 g/mol. The van der Waals surface area contributed by atoms with Gasteiger partial charge < -0.3 is 23.7 Å². The second-order valence-electron chi connectivity index (χ2n) is 8.38. The van der Waals surface area contributed by atoms with Crippen LogP contribution in [0.25, 0.3) is 6.08 Å². The fraction of sp³-hybridized carbons (Fsp3) is 0.321. The number of benzene rings is 2. The van der Waals surface area contributed by atoms with Gasteiger partial charge in [-0.2, -0.15) is 0 Å². The molecule has 3 aromatic rings. The van der Waals surface area contributed by atoms with Crippen LogP contribution in [0.5, 0.6) is 23.0 Å². The molecule has 2 aromatic carbocycles. The number of carbonyl (C=O) groups is 1. The number of ether oxygens (including phenoxy) is 5. The largest absolute Gasteiger partial charge is 0.497 e. The smallest absolute Gasteiger partial charge is 0.338 e. The first-order valence-electron chi connectivity index (χ1n) is 12.2. The first-order valence-corrected chi connectivity index (χ1v) is 13.8. The lowest BCUT2D eigenvalue weighted by atomic mass is 9.95. The SMILES string of the molecule is CCOC(=O)C1=C(C)N=c2s/c(=C\c3cc(Br)c(OCC)c(OC)c3)c(=O)n2[C@H]1c1ccc(OC)cc1OC. The van der Waals surface area contributed by atoms with Crippen LogP contribution in [0.4, 0.5) is 0 Å². The van der Waals surface area contributed by atoms with E-state index in [-0.39, 0.29) is 17.7 Å². The van der Waals surface area contributed by atoms with E-state index in [1.165, 1.54) is 23.0 Å². The van der Waals surface area contributed by atoms with Crippen molar-refractivity contribution >= 4 is 39.3 Å². The molecule has 206 valence electrons. The monoisotopic (exact) mass is 616 g/mol. The molecule has 39 heavy (non-hydrogen) atoms. The van der Waals surface area contributed by atoms with E-state index in [0.717, 1.165) is 5.56 Å². The molecule has 9 nitrogen and oxygen atoms in total. The Morgan fingerprint density at radius 2 is 1.82 bits per heavy atom. The van der Waals surface area contributed by atoms with Crippen LogP contribution >= 0.6 is 27.3 Å². The van der Waals surface area contributed by atoms with Gasteiger partial charge in [-0.3, -0.25) is 9.36 Å². The molecule has 0 bridgehead atoms. The van der Waals surface area contributed by atoms with Crippen LogP contribution in [0, 0.1) is 0 Å². The molecule has 1 aliphatic heterocycles. The number of aromatic nitrogens is 1. The number of halogens is 1. The van der Waals surface area contributed by atoms with Crippen LogP contribution in [-0.2, 0) is 9.53 Å². The highest BCUT2D eigenvalue weighted by atomic mass is 79.9. The third kappa shape index (κ3) is 5.46. The lowest BCUT2D eigenvalue weighted by molar-refractivity contribution is -0.139. The first-order chi connectivity index (χ1) is 18.8. The van der Waals surface area contributed by atoms with Crippen molar-refractivity contribution in [2.24, 2.45) is 4.99 Å². The predicted molar refractivity (Wildman–Crippen MR) is 152 cm³/mol. The van der Waals surface area contributed by atoms with Gasteiger partial charge in [0.1, 0.15) is 17.5 Å². The molecule has 0 spiro atoms. The Balaban J connectivity index is 1.97. The normalized spacial score (nSPS) is 14.9. The standard InChI is InChI=1S/C28H29BrN2O7S/c1-7-37-25-19(29)11-16(12-21(25)36-6)13-22-26(32)31-24(18-10-9-17(34-4)14-20(18)35-5)23(27(33)38-8-2)15(3)30-28(31)39-22/h9-14,24H,7-8H2,1-6H3/b22-13-/t24-/m0/s1. The zero-order valence-corrected chi connectivity index (χ0v) is 24.9. The Morgan fingerprint density at radius 1 is 1.08 bits per heavy atom. The predicted octanol–water partition coefficient (Wildman–Crippen LogP) is 3.99. The van der Waals surface area contributed by atoms with Gasteiger partial charge in [-0.1, -0.05) is 11.3 Å². The fourth-order valence-corrected chi connectivity index (χ4v) is 6.01. The van der Waals surface area contributed by atoms with Crippen molar-refractivity contribution in [2.75, 3.05) is 34.5 Å². The zero-order valence-electron chi connectivity index (χ0n) is 22.5. The van der Waals surface area contributed by atoms with Gasteiger partial charge in [0.05, 0.1) is 54.8 Å². The van der Waals surface area contributed by atoms with Crippen molar-refractivity contribution in [3.8, 4) is 23.0 Å². The molecule has 0 unspecified atom stereocenters. The second-order valence-corrected chi connectivity index (χ2v) is 10.2. The maximum atomic E-state index is 13.9. The zero-order chi connectivity index (χ0) is 28.3. The van der Waals surface area contributed by atoms with E-state index in [1.807, 2.05) is 13.0 Å². The Hall–Kier alpha value is -3.57. The van der Waals surface area contributed by atoms with Crippen molar-refractivity contribution in [1.82, 2.24) is 4.57 Å². The summed E-state index contributed by atoms with van der Waals surface area (Å²) in [6, 6.07) is 8.09. The lowest BCUT2D eigenvalue weighted by Crippen LogP contribution is -2.40. The molecule has 0 aliphatic carbocycles. The molecule has 1 aromatic heterocycles. The highest BCUT2D eigenvalue weighted by molar-refractivity contribution is 9.10. The highest BCUT2D eigenvalue weighted by Gasteiger charge is 2.35. The van der Waals surface area contributed by atoms with Crippen LogP contribution in [0.1, 0.15) is 37.9 Å². The summed E-state index contributed by atoms with van der Waals surface area (Å²) in [6.07, 6.45) is 1.76. The number of hydrogen-bond acceptors (Lipinski definition) is 9. The number of rotatable bonds is 9.